The minimum atomic E-state index is -3.99. The summed E-state index contributed by atoms with van der Waals surface area (Å²) < 4.78 is 25.7. The number of sulfonamides is 1. The number of carbonyl (C=O) groups excluding carboxylic acids is 2. The van der Waals surface area contributed by atoms with Crippen LogP contribution in [-0.2, 0) is 14.8 Å². The van der Waals surface area contributed by atoms with Crippen LogP contribution in [0.25, 0.3) is 0 Å². The molecule has 11 heteroatoms. The number of nitro benzene ring substituents is 1. The van der Waals surface area contributed by atoms with Crippen molar-refractivity contribution >= 4 is 38.9 Å². The first-order valence-corrected chi connectivity index (χ1v) is 10.2. The molecule has 2 aromatic rings. The third-order valence-electron chi connectivity index (χ3n) is 4.18. The molecule has 1 atom stereocenters. The number of benzene rings is 2. The summed E-state index contributed by atoms with van der Waals surface area (Å²) in [5, 5.41) is 13.6. The van der Waals surface area contributed by atoms with Crippen molar-refractivity contribution < 1.29 is 22.9 Å². The Morgan fingerprint density at radius 2 is 1.83 bits per heavy atom. The number of nitro groups is 1. The maximum absolute atomic E-state index is 12.8. The first kappa shape index (κ1) is 21.8. The van der Waals surface area contributed by atoms with Gasteiger partial charge >= 0.3 is 0 Å². The van der Waals surface area contributed by atoms with Crippen LogP contribution in [0.3, 0.4) is 0 Å². The molecular weight excluding hydrogens is 400 g/mol. The fourth-order valence-electron chi connectivity index (χ4n) is 2.77. The molecule has 0 unspecified atom stereocenters. The molecule has 0 spiro atoms. The molecule has 0 aliphatic heterocycles. The highest BCUT2D eigenvalue weighted by Gasteiger charge is 2.31. The van der Waals surface area contributed by atoms with Gasteiger partial charge in [0.15, 0.2) is 0 Å². The number of primary amides is 1. The van der Waals surface area contributed by atoms with Crippen LogP contribution < -0.4 is 15.4 Å². The van der Waals surface area contributed by atoms with Crippen LogP contribution in [0.5, 0.6) is 0 Å². The molecule has 29 heavy (non-hydrogen) atoms. The van der Waals surface area contributed by atoms with Crippen LogP contribution >= 0.6 is 0 Å². The van der Waals surface area contributed by atoms with Gasteiger partial charge in [0.25, 0.3) is 11.6 Å². The van der Waals surface area contributed by atoms with Crippen LogP contribution in [0, 0.1) is 17.0 Å². The molecule has 0 aliphatic rings. The summed E-state index contributed by atoms with van der Waals surface area (Å²) in [5.41, 5.74) is 5.60. The number of carbonyl (C=O) groups is 2. The van der Waals surface area contributed by atoms with Crippen LogP contribution in [0.1, 0.15) is 22.8 Å². The molecule has 3 N–H and O–H groups in total. The summed E-state index contributed by atoms with van der Waals surface area (Å²) >= 11 is 0. The number of amides is 2. The predicted octanol–water partition coefficient (Wildman–Crippen LogP) is 1.80. The van der Waals surface area contributed by atoms with E-state index in [2.05, 4.69) is 5.32 Å². The van der Waals surface area contributed by atoms with Crippen molar-refractivity contribution in [1.29, 1.82) is 0 Å². The summed E-state index contributed by atoms with van der Waals surface area (Å²) in [6.45, 7) is 2.91. The fraction of sp³-hybridized carbons (Fsp3) is 0.222. The average Bonchev–Trinajstić information content (AvgIpc) is 2.62. The summed E-state index contributed by atoms with van der Waals surface area (Å²) in [5.74, 6) is -1.50. The highest BCUT2D eigenvalue weighted by molar-refractivity contribution is 7.92. The number of nitrogens with zero attached hydrogens (tertiary/aromatic N) is 2. The molecule has 2 amide bonds. The van der Waals surface area contributed by atoms with E-state index in [9.17, 15) is 28.1 Å². The Bertz CT molecular complexity index is 1080. The normalized spacial score (nSPS) is 12.1. The molecular formula is C18H20N4O6S. The average molecular weight is 420 g/mol. The number of nitrogens with two attached hydrogens (primary N) is 1. The van der Waals surface area contributed by atoms with Crippen molar-refractivity contribution in [1.82, 2.24) is 0 Å². The lowest BCUT2D eigenvalue weighted by molar-refractivity contribution is -0.384. The first-order valence-electron chi connectivity index (χ1n) is 8.37. The zero-order chi connectivity index (χ0) is 21.9. The largest absolute Gasteiger partial charge is 0.366 e. The molecule has 0 aromatic heterocycles. The molecule has 0 saturated heterocycles. The number of anilines is 2. The van der Waals surface area contributed by atoms with Gasteiger partial charge in [0.05, 0.1) is 28.1 Å². The molecule has 0 radical (unpaired) electrons. The van der Waals surface area contributed by atoms with Gasteiger partial charge in [-0.2, -0.15) is 0 Å². The van der Waals surface area contributed by atoms with E-state index in [4.69, 9.17) is 5.73 Å². The van der Waals surface area contributed by atoms with Crippen molar-refractivity contribution in [3.05, 3.63) is 63.7 Å². The Balaban J connectivity index is 2.47. The third-order valence-corrected chi connectivity index (χ3v) is 5.41. The van der Waals surface area contributed by atoms with Gasteiger partial charge in [-0.25, -0.2) is 8.42 Å². The van der Waals surface area contributed by atoms with E-state index in [-0.39, 0.29) is 22.6 Å². The number of aryl methyl sites for hydroxylation is 1. The standard InChI is InChI=1S/C18H20N4O6S/c1-11-8-9-13(22(25)26)10-16(11)21(29(3,27)28)12(2)18(24)20-15-7-5-4-6-14(15)17(19)23/h4-10,12H,1-3H3,(H2,19,23)(H,20,24)/t12-/m0/s1. The number of rotatable bonds is 7. The van der Waals surface area contributed by atoms with Crippen molar-refractivity contribution in [2.45, 2.75) is 19.9 Å². The highest BCUT2D eigenvalue weighted by atomic mass is 32.2. The summed E-state index contributed by atoms with van der Waals surface area (Å²) in [4.78, 5) is 34.8. The molecule has 154 valence electrons. The third kappa shape index (κ3) is 4.88. The van der Waals surface area contributed by atoms with Crippen molar-refractivity contribution in [3.8, 4) is 0 Å². The Labute approximate surface area is 167 Å². The maximum Gasteiger partial charge on any atom is 0.271 e. The lowest BCUT2D eigenvalue weighted by Gasteiger charge is -2.29. The van der Waals surface area contributed by atoms with Crippen LogP contribution in [0.15, 0.2) is 42.5 Å². The summed E-state index contributed by atoms with van der Waals surface area (Å²) in [6, 6.07) is 8.48. The number of non-ortho nitro benzene ring substituents is 1. The zero-order valence-corrected chi connectivity index (χ0v) is 16.8. The monoisotopic (exact) mass is 420 g/mol. The van der Waals surface area contributed by atoms with Gasteiger partial charge in [-0.3, -0.25) is 24.0 Å². The van der Waals surface area contributed by atoms with E-state index < -0.39 is 32.8 Å². The quantitative estimate of drug-likeness (QED) is 0.514. The number of para-hydroxylation sites is 1. The van der Waals surface area contributed by atoms with E-state index in [1.54, 1.807) is 19.1 Å². The molecule has 0 bridgehead atoms. The van der Waals surface area contributed by atoms with Crippen LogP contribution in [0.4, 0.5) is 17.1 Å². The topological polar surface area (TPSA) is 153 Å². The Kier molecular flexibility index (Phi) is 6.22. The SMILES string of the molecule is Cc1ccc([N+](=O)[O-])cc1N([C@@H](C)C(=O)Nc1ccccc1C(N)=O)S(C)(=O)=O. The first-order chi connectivity index (χ1) is 13.4. The maximum atomic E-state index is 12.8. The van der Waals surface area contributed by atoms with E-state index in [1.807, 2.05) is 0 Å². The predicted molar refractivity (Wildman–Crippen MR) is 108 cm³/mol. The second-order valence-corrected chi connectivity index (χ2v) is 8.22. The fourth-order valence-corrected chi connectivity index (χ4v) is 4.00. The number of nitrogens with one attached hydrogen (secondary N) is 1. The van der Waals surface area contributed by atoms with Gasteiger partial charge in [-0.1, -0.05) is 18.2 Å². The van der Waals surface area contributed by atoms with E-state index in [0.717, 1.165) is 16.6 Å². The lowest BCUT2D eigenvalue weighted by Crippen LogP contribution is -2.45. The van der Waals surface area contributed by atoms with Gasteiger partial charge < -0.3 is 11.1 Å². The van der Waals surface area contributed by atoms with Gasteiger partial charge in [-0.05, 0) is 31.5 Å². The van der Waals surface area contributed by atoms with Crippen LogP contribution in [-0.4, -0.2) is 37.5 Å². The minimum absolute atomic E-state index is 0.00698. The van der Waals surface area contributed by atoms with Crippen molar-refractivity contribution in [2.75, 3.05) is 15.9 Å². The zero-order valence-electron chi connectivity index (χ0n) is 15.9. The van der Waals surface area contributed by atoms with E-state index in [1.165, 1.54) is 31.2 Å². The second kappa shape index (κ2) is 8.27. The molecule has 2 aromatic carbocycles. The smallest absolute Gasteiger partial charge is 0.271 e. The minimum Gasteiger partial charge on any atom is -0.366 e. The molecule has 0 heterocycles. The van der Waals surface area contributed by atoms with Gasteiger partial charge in [0.1, 0.15) is 6.04 Å². The lowest BCUT2D eigenvalue weighted by atomic mass is 10.1. The van der Waals surface area contributed by atoms with Crippen LogP contribution in [0.2, 0.25) is 0 Å². The van der Waals surface area contributed by atoms with Gasteiger partial charge in [0.2, 0.25) is 15.9 Å². The Morgan fingerprint density at radius 1 is 1.21 bits per heavy atom. The van der Waals surface area contributed by atoms with Crippen molar-refractivity contribution in [3.63, 3.8) is 0 Å². The summed E-state index contributed by atoms with van der Waals surface area (Å²) in [6.07, 6.45) is 0.895. The highest BCUT2D eigenvalue weighted by Crippen LogP contribution is 2.29. The van der Waals surface area contributed by atoms with Gasteiger partial charge in [0, 0.05) is 12.1 Å². The van der Waals surface area contributed by atoms with E-state index in [0.29, 0.717) is 5.56 Å². The second-order valence-electron chi connectivity index (χ2n) is 6.36. The molecule has 0 fully saturated rings. The Hall–Kier alpha value is -3.47. The molecule has 2 rings (SSSR count). The molecule has 0 saturated carbocycles. The Morgan fingerprint density at radius 3 is 2.38 bits per heavy atom. The number of hydrogen-bond acceptors (Lipinski definition) is 6. The van der Waals surface area contributed by atoms with Crippen molar-refractivity contribution in [2.24, 2.45) is 5.73 Å². The number of hydrogen-bond donors (Lipinski definition) is 2. The summed E-state index contributed by atoms with van der Waals surface area (Å²) in [7, 11) is -3.99. The van der Waals surface area contributed by atoms with E-state index >= 15 is 0 Å². The van der Waals surface area contributed by atoms with Gasteiger partial charge in [-0.15, -0.1) is 0 Å². The molecule has 0 aliphatic carbocycles. The molecule has 10 nitrogen and oxygen atoms in total.